The average Bonchev–Trinajstić information content (AvgIpc) is 2.59. The van der Waals surface area contributed by atoms with E-state index in [0.717, 1.165) is 11.0 Å². The number of halogens is 1. The molecule has 2 rings (SSSR count). The zero-order chi connectivity index (χ0) is 11.8. The van der Waals surface area contributed by atoms with Crippen LogP contribution in [0, 0.1) is 0 Å². The predicted octanol–water partition coefficient (Wildman–Crippen LogP) is 3.03. The highest BCUT2D eigenvalue weighted by Crippen LogP contribution is 2.26. The first kappa shape index (κ1) is 11.9. The van der Waals surface area contributed by atoms with E-state index >= 15 is 0 Å². The highest BCUT2D eigenvalue weighted by molar-refractivity contribution is 9.10. The number of hydrogen-bond donors (Lipinski definition) is 1. The Hall–Kier alpha value is -0.540. The van der Waals surface area contributed by atoms with Crippen LogP contribution in [0.1, 0.15) is 20.3 Å². The van der Waals surface area contributed by atoms with Gasteiger partial charge in [0.2, 0.25) is 0 Å². The fourth-order valence-electron chi connectivity index (χ4n) is 2.29. The van der Waals surface area contributed by atoms with Gasteiger partial charge in [-0.1, -0.05) is 15.9 Å². The van der Waals surface area contributed by atoms with E-state index in [-0.39, 0.29) is 5.54 Å². The molecule has 88 valence electrons. The fraction of sp³-hybridized carbons (Fsp3) is 0.538. The van der Waals surface area contributed by atoms with Crippen molar-refractivity contribution in [3.05, 3.63) is 28.7 Å². The SMILES string of the molecule is CN(c1ccc(Br)cc1)C1CNC(C)(C)C1. The summed E-state index contributed by atoms with van der Waals surface area (Å²) in [5, 5.41) is 3.56. The molecule has 2 nitrogen and oxygen atoms in total. The van der Waals surface area contributed by atoms with Gasteiger partial charge in [0.25, 0.3) is 0 Å². The summed E-state index contributed by atoms with van der Waals surface area (Å²) in [4.78, 5) is 2.37. The monoisotopic (exact) mass is 282 g/mol. The van der Waals surface area contributed by atoms with Crippen molar-refractivity contribution in [2.75, 3.05) is 18.5 Å². The molecule has 1 atom stereocenters. The van der Waals surface area contributed by atoms with E-state index in [4.69, 9.17) is 0 Å². The topological polar surface area (TPSA) is 15.3 Å². The van der Waals surface area contributed by atoms with Crippen LogP contribution in [-0.4, -0.2) is 25.2 Å². The average molecular weight is 283 g/mol. The predicted molar refractivity (Wildman–Crippen MR) is 73.0 cm³/mol. The van der Waals surface area contributed by atoms with Crippen LogP contribution < -0.4 is 10.2 Å². The molecule has 3 heteroatoms. The van der Waals surface area contributed by atoms with Crippen LogP contribution in [0.2, 0.25) is 0 Å². The minimum absolute atomic E-state index is 0.272. The first-order chi connectivity index (χ1) is 7.48. The maximum Gasteiger partial charge on any atom is 0.0428 e. The smallest absolute Gasteiger partial charge is 0.0428 e. The molecule has 0 aromatic heterocycles. The summed E-state index contributed by atoms with van der Waals surface area (Å²) in [5.41, 5.74) is 1.56. The van der Waals surface area contributed by atoms with Crippen LogP contribution >= 0.6 is 15.9 Å². The molecule has 0 bridgehead atoms. The van der Waals surface area contributed by atoms with Crippen LogP contribution in [0.4, 0.5) is 5.69 Å². The maximum absolute atomic E-state index is 3.56. The molecule has 1 aliphatic heterocycles. The van der Waals surface area contributed by atoms with Gasteiger partial charge in [-0.2, -0.15) is 0 Å². The van der Waals surface area contributed by atoms with Gasteiger partial charge in [0.05, 0.1) is 0 Å². The van der Waals surface area contributed by atoms with E-state index in [1.54, 1.807) is 0 Å². The summed E-state index contributed by atoms with van der Waals surface area (Å²) in [6.45, 7) is 5.60. The number of rotatable bonds is 2. The Kier molecular flexibility index (Phi) is 3.27. The molecule has 1 unspecified atom stereocenters. The Labute approximate surface area is 106 Å². The number of likely N-dealkylation sites (N-methyl/N-ethyl adjacent to an activating group) is 1. The first-order valence-corrected chi connectivity index (χ1v) is 6.51. The molecule has 0 amide bonds. The summed E-state index contributed by atoms with van der Waals surface area (Å²) < 4.78 is 1.13. The number of nitrogens with zero attached hydrogens (tertiary/aromatic N) is 1. The van der Waals surface area contributed by atoms with Crippen LogP contribution in [-0.2, 0) is 0 Å². The van der Waals surface area contributed by atoms with Gasteiger partial charge in [-0.3, -0.25) is 0 Å². The molecule has 1 aliphatic rings. The van der Waals surface area contributed by atoms with E-state index < -0.39 is 0 Å². The minimum atomic E-state index is 0.272. The van der Waals surface area contributed by atoms with Gasteiger partial charge >= 0.3 is 0 Å². The van der Waals surface area contributed by atoms with E-state index in [2.05, 4.69) is 71.3 Å². The standard InChI is InChI=1S/C13H19BrN2/c1-13(2)8-12(9-15-13)16(3)11-6-4-10(14)5-7-11/h4-7,12,15H,8-9H2,1-3H3. The van der Waals surface area contributed by atoms with Gasteiger partial charge in [-0.25, -0.2) is 0 Å². The summed E-state index contributed by atoms with van der Waals surface area (Å²) in [5.74, 6) is 0. The Morgan fingerprint density at radius 1 is 1.31 bits per heavy atom. The van der Waals surface area contributed by atoms with E-state index in [0.29, 0.717) is 6.04 Å². The largest absolute Gasteiger partial charge is 0.370 e. The lowest BCUT2D eigenvalue weighted by Crippen LogP contribution is -2.33. The van der Waals surface area contributed by atoms with Crippen LogP contribution in [0.5, 0.6) is 0 Å². The van der Waals surface area contributed by atoms with Crippen molar-refractivity contribution in [3.8, 4) is 0 Å². The number of anilines is 1. The summed E-state index contributed by atoms with van der Waals surface area (Å²) in [6.07, 6.45) is 1.19. The van der Waals surface area contributed by atoms with Crippen molar-refractivity contribution in [1.29, 1.82) is 0 Å². The van der Waals surface area contributed by atoms with Crippen molar-refractivity contribution in [2.24, 2.45) is 0 Å². The van der Waals surface area contributed by atoms with Crippen molar-refractivity contribution in [2.45, 2.75) is 31.8 Å². The van der Waals surface area contributed by atoms with Gasteiger partial charge in [0.15, 0.2) is 0 Å². The molecule has 1 saturated heterocycles. The second-order valence-corrected chi connectivity index (χ2v) is 6.13. The van der Waals surface area contributed by atoms with Crippen molar-refractivity contribution in [3.63, 3.8) is 0 Å². The zero-order valence-corrected chi connectivity index (χ0v) is 11.7. The highest BCUT2D eigenvalue weighted by Gasteiger charge is 2.32. The molecule has 1 heterocycles. The van der Waals surface area contributed by atoms with Gasteiger partial charge in [0, 0.05) is 35.3 Å². The lowest BCUT2D eigenvalue weighted by molar-refractivity contribution is 0.454. The molecule has 1 N–H and O–H groups in total. The van der Waals surface area contributed by atoms with Gasteiger partial charge in [0.1, 0.15) is 0 Å². The second kappa shape index (κ2) is 4.38. The quantitative estimate of drug-likeness (QED) is 0.897. The minimum Gasteiger partial charge on any atom is -0.370 e. The molecular weight excluding hydrogens is 264 g/mol. The third kappa shape index (κ3) is 2.58. The maximum atomic E-state index is 3.56. The molecular formula is C13H19BrN2. The number of nitrogens with one attached hydrogen (secondary N) is 1. The molecule has 1 fully saturated rings. The van der Waals surface area contributed by atoms with Gasteiger partial charge < -0.3 is 10.2 Å². The second-order valence-electron chi connectivity index (χ2n) is 5.21. The number of benzene rings is 1. The third-order valence-corrected chi connectivity index (χ3v) is 3.87. The molecule has 0 radical (unpaired) electrons. The fourth-order valence-corrected chi connectivity index (χ4v) is 2.55. The first-order valence-electron chi connectivity index (χ1n) is 5.71. The Bertz CT molecular complexity index is 359. The van der Waals surface area contributed by atoms with Crippen LogP contribution in [0.3, 0.4) is 0 Å². The summed E-state index contributed by atoms with van der Waals surface area (Å²) in [7, 11) is 2.18. The van der Waals surface area contributed by atoms with Crippen molar-refractivity contribution in [1.82, 2.24) is 5.32 Å². The van der Waals surface area contributed by atoms with Gasteiger partial charge in [-0.05, 0) is 44.5 Å². The van der Waals surface area contributed by atoms with E-state index in [1.807, 2.05) is 0 Å². The third-order valence-electron chi connectivity index (χ3n) is 3.34. The lowest BCUT2D eigenvalue weighted by atomic mass is 10.0. The Morgan fingerprint density at radius 2 is 1.94 bits per heavy atom. The van der Waals surface area contributed by atoms with Gasteiger partial charge in [-0.15, -0.1) is 0 Å². The Morgan fingerprint density at radius 3 is 2.44 bits per heavy atom. The summed E-state index contributed by atoms with van der Waals surface area (Å²) >= 11 is 3.47. The normalized spacial score (nSPS) is 23.4. The molecule has 0 aliphatic carbocycles. The molecule has 1 aromatic rings. The summed E-state index contributed by atoms with van der Waals surface area (Å²) in [6, 6.07) is 9.11. The van der Waals surface area contributed by atoms with E-state index in [9.17, 15) is 0 Å². The van der Waals surface area contributed by atoms with Crippen molar-refractivity contribution >= 4 is 21.6 Å². The lowest BCUT2D eigenvalue weighted by Gasteiger charge is -2.27. The molecule has 1 aromatic carbocycles. The highest BCUT2D eigenvalue weighted by atomic mass is 79.9. The van der Waals surface area contributed by atoms with Crippen LogP contribution in [0.25, 0.3) is 0 Å². The molecule has 0 saturated carbocycles. The zero-order valence-electron chi connectivity index (χ0n) is 10.1. The van der Waals surface area contributed by atoms with E-state index in [1.165, 1.54) is 12.1 Å². The molecule has 16 heavy (non-hydrogen) atoms. The molecule has 0 spiro atoms. The van der Waals surface area contributed by atoms with Crippen LogP contribution in [0.15, 0.2) is 28.7 Å². The number of hydrogen-bond acceptors (Lipinski definition) is 2. The Balaban J connectivity index is 2.08. The van der Waals surface area contributed by atoms with Crippen molar-refractivity contribution < 1.29 is 0 Å².